The van der Waals surface area contributed by atoms with E-state index in [-0.39, 0.29) is 23.6 Å². The van der Waals surface area contributed by atoms with Gasteiger partial charge in [-0.1, -0.05) is 13.8 Å². The number of aliphatic hydroxyl groups excluding tert-OH is 1. The summed E-state index contributed by atoms with van der Waals surface area (Å²) in [5.41, 5.74) is -0.755. The molecule has 0 bridgehead atoms. The number of aliphatic hydroxyl groups is 1. The summed E-state index contributed by atoms with van der Waals surface area (Å²) in [5.74, 6) is -0.0757. The molecule has 2 amide bonds. The lowest BCUT2D eigenvalue weighted by Crippen LogP contribution is -2.74. The molecule has 3 atom stereocenters. The Hall–Kier alpha value is -1.96. The van der Waals surface area contributed by atoms with Gasteiger partial charge in [0.25, 0.3) is 5.91 Å². The van der Waals surface area contributed by atoms with E-state index < -0.39 is 17.7 Å². The van der Waals surface area contributed by atoms with Gasteiger partial charge in [-0.2, -0.15) is 0 Å². The van der Waals surface area contributed by atoms with Crippen LogP contribution in [-0.2, 0) is 9.59 Å². The second kappa shape index (κ2) is 5.59. The van der Waals surface area contributed by atoms with Crippen molar-refractivity contribution in [1.82, 2.24) is 20.0 Å². The van der Waals surface area contributed by atoms with Crippen LogP contribution in [0.5, 0.6) is 0 Å². The molecular formula is C15H22N4O4. The van der Waals surface area contributed by atoms with Crippen molar-refractivity contribution in [2.45, 2.75) is 51.3 Å². The third-order valence-corrected chi connectivity index (χ3v) is 4.76. The average molecular weight is 322 g/mol. The van der Waals surface area contributed by atoms with Crippen molar-refractivity contribution in [3.8, 4) is 0 Å². The van der Waals surface area contributed by atoms with Crippen molar-refractivity contribution in [3.05, 3.63) is 12.3 Å². The standard InChI is InChI=1S/C15H22N4O4/c1-9(2)13(21)19-6-4-5-15(19)7-18(14(15)22)11(10(3)20)12-17-16-8-23-12/h8-11,20H,4-7H2,1-3H3. The lowest BCUT2D eigenvalue weighted by molar-refractivity contribution is -0.176. The van der Waals surface area contributed by atoms with Gasteiger partial charge in [0.1, 0.15) is 11.6 Å². The van der Waals surface area contributed by atoms with Gasteiger partial charge in [-0.25, -0.2) is 0 Å². The smallest absolute Gasteiger partial charge is 0.251 e. The minimum absolute atomic E-state index is 0.00175. The van der Waals surface area contributed by atoms with E-state index in [1.807, 2.05) is 13.8 Å². The van der Waals surface area contributed by atoms with Crippen LogP contribution in [0.15, 0.2) is 10.8 Å². The molecule has 2 saturated heterocycles. The van der Waals surface area contributed by atoms with Gasteiger partial charge in [-0.15, -0.1) is 10.2 Å². The first-order valence-corrected chi connectivity index (χ1v) is 7.95. The highest BCUT2D eigenvalue weighted by Gasteiger charge is 2.62. The summed E-state index contributed by atoms with van der Waals surface area (Å²) in [4.78, 5) is 28.5. The molecule has 2 aliphatic rings. The number of carbonyl (C=O) groups is 2. The highest BCUT2D eigenvalue weighted by molar-refractivity contribution is 5.97. The van der Waals surface area contributed by atoms with Gasteiger partial charge >= 0.3 is 0 Å². The van der Waals surface area contributed by atoms with Gasteiger partial charge < -0.3 is 19.3 Å². The third kappa shape index (κ3) is 2.32. The van der Waals surface area contributed by atoms with Crippen LogP contribution in [-0.4, -0.2) is 61.7 Å². The molecule has 8 nitrogen and oxygen atoms in total. The fourth-order valence-electron chi connectivity index (χ4n) is 3.63. The number of likely N-dealkylation sites (tertiary alicyclic amines) is 2. The predicted molar refractivity (Wildman–Crippen MR) is 78.9 cm³/mol. The molecule has 2 aliphatic heterocycles. The number of β-lactam (4-membered cyclic amide) rings is 1. The molecule has 1 spiro atoms. The van der Waals surface area contributed by atoms with Crippen LogP contribution in [0.4, 0.5) is 0 Å². The van der Waals surface area contributed by atoms with Gasteiger partial charge in [0.15, 0.2) is 0 Å². The quantitative estimate of drug-likeness (QED) is 0.803. The van der Waals surface area contributed by atoms with Crippen LogP contribution in [0.1, 0.15) is 45.5 Å². The molecule has 0 radical (unpaired) electrons. The van der Waals surface area contributed by atoms with Crippen LogP contribution in [0.2, 0.25) is 0 Å². The Balaban J connectivity index is 1.83. The predicted octanol–water partition coefficient (Wildman–Crippen LogP) is 0.351. The number of nitrogens with zero attached hydrogens (tertiary/aromatic N) is 4. The molecule has 23 heavy (non-hydrogen) atoms. The Kier molecular flexibility index (Phi) is 3.87. The lowest BCUT2D eigenvalue weighted by atomic mass is 9.83. The monoisotopic (exact) mass is 322 g/mol. The van der Waals surface area contributed by atoms with Gasteiger partial charge in [0.05, 0.1) is 12.6 Å². The highest BCUT2D eigenvalue weighted by Crippen LogP contribution is 2.43. The molecule has 2 fully saturated rings. The third-order valence-electron chi connectivity index (χ3n) is 4.76. The zero-order valence-corrected chi connectivity index (χ0v) is 13.6. The molecule has 0 saturated carbocycles. The lowest BCUT2D eigenvalue weighted by Gasteiger charge is -2.53. The van der Waals surface area contributed by atoms with E-state index >= 15 is 0 Å². The van der Waals surface area contributed by atoms with E-state index in [2.05, 4.69) is 10.2 Å². The van der Waals surface area contributed by atoms with Crippen LogP contribution >= 0.6 is 0 Å². The van der Waals surface area contributed by atoms with Crippen LogP contribution < -0.4 is 0 Å². The summed E-state index contributed by atoms with van der Waals surface area (Å²) in [6.45, 7) is 6.26. The molecule has 0 aromatic carbocycles. The largest absolute Gasteiger partial charge is 0.426 e. The summed E-state index contributed by atoms with van der Waals surface area (Å²) in [5, 5.41) is 17.5. The number of rotatable bonds is 4. The van der Waals surface area contributed by atoms with Crippen LogP contribution in [0.25, 0.3) is 0 Å². The van der Waals surface area contributed by atoms with E-state index in [0.717, 1.165) is 6.42 Å². The SMILES string of the molecule is CC(C)C(=O)N1CCCC12CN(C(c1nnco1)C(C)O)C2=O. The molecule has 3 unspecified atom stereocenters. The first kappa shape index (κ1) is 15.9. The zero-order chi connectivity index (χ0) is 16.8. The minimum Gasteiger partial charge on any atom is -0.426 e. The summed E-state index contributed by atoms with van der Waals surface area (Å²) in [6, 6.07) is -0.674. The summed E-state index contributed by atoms with van der Waals surface area (Å²) in [7, 11) is 0. The Labute approximate surface area is 134 Å². The van der Waals surface area contributed by atoms with E-state index in [9.17, 15) is 14.7 Å². The Morgan fingerprint density at radius 2 is 2.17 bits per heavy atom. The summed E-state index contributed by atoms with van der Waals surface area (Å²) in [6.07, 6.45) is 1.82. The normalized spacial score (nSPS) is 26.7. The van der Waals surface area contributed by atoms with E-state index in [4.69, 9.17) is 4.42 Å². The molecule has 3 heterocycles. The molecule has 1 aromatic rings. The van der Waals surface area contributed by atoms with Crippen LogP contribution in [0.3, 0.4) is 0 Å². The first-order chi connectivity index (χ1) is 10.9. The Bertz CT molecular complexity index is 601. The van der Waals surface area contributed by atoms with E-state index in [1.54, 1.807) is 11.8 Å². The highest BCUT2D eigenvalue weighted by atomic mass is 16.4. The Morgan fingerprint density at radius 3 is 2.70 bits per heavy atom. The maximum absolute atomic E-state index is 12.9. The molecule has 0 aliphatic carbocycles. The molecule has 1 aromatic heterocycles. The average Bonchev–Trinajstić information content (AvgIpc) is 3.16. The van der Waals surface area contributed by atoms with Gasteiger partial charge in [0.2, 0.25) is 18.2 Å². The van der Waals surface area contributed by atoms with Crippen molar-refractivity contribution in [2.24, 2.45) is 5.92 Å². The topological polar surface area (TPSA) is 99.8 Å². The van der Waals surface area contributed by atoms with Crippen molar-refractivity contribution in [2.75, 3.05) is 13.1 Å². The van der Waals surface area contributed by atoms with Crippen molar-refractivity contribution >= 4 is 11.8 Å². The minimum atomic E-state index is -0.840. The fraction of sp³-hybridized carbons (Fsp3) is 0.733. The van der Waals surface area contributed by atoms with Gasteiger partial charge in [-0.05, 0) is 19.8 Å². The van der Waals surface area contributed by atoms with Crippen molar-refractivity contribution in [1.29, 1.82) is 0 Å². The van der Waals surface area contributed by atoms with E-state index in [1.165, 1.54) is 11.3 Å². The van der Waals surface area contributed by atoms with Crippen molar-refractivity contribution < 1.29 is 19.1 Å². The number of carbonyl (C=O) groups excluding carboxylic acids is 2. The Morgan fingerprint density at radius 1 is 1.43 bits per heavy atom. The zero-order valence-electron chi connectivity index (χ0n) is 13.6. The maximum Gasteiger partial charge on any atom is 0.251 e. The fourth-order valence-corrected chi connectivity index (χ4v) is 3.63. The van der Waals surface area contributed by atoms with E-state index in [0.29, 0.717) is 19.5 Å². The molecule has 126 valence electrons. The molecule has 3 rings (SSSR count). The van der Waals surface area contributed by atoms with Crippen LogP contribution in [0, 0.1) is 5.92 Å². The van der Waals surface area contributed by atoms with Gasteiger partial charge in [0, 0.05) is 12.5 Å². The first-order valence-electron chi connectivity index (χ1n) is 7.95. The summed E-state index contributed by atoms with van der Waals surface area (Å²) < 4.78 is 5.17. The maximum atomic E-state index is 12.9. The molecular weight excluding hydrogens is 300 g/mol. The second-order valence-electron chi connectivity index (χ2n) is 6.68. The molecule has 1 N–H and O–H groups in total. The van der Waals surface area contributed by atoms with Gasteiger partial charge in [-0.3, -0.25) is 9.59 Å². The number of amides is 2. The number of hydrogen-bond donors (Lipinski definition) is 1. The number of aromatic nitrogens is 2. The van der Waals surface area contributed by atoms with Crippen molar-refractivity contribution in [3.63, 3.8) is 0 Å². The second-order valence-corrected chi connectivity index (χ2v) is 6.68. The summed E-state index contributed by atoms with van der Waals surface area (Å²) >= 11 is 0. The molecule has 8 heteroatoms. The number of hydrogen-bond acceptors (Lipinski definition) is 6.